The van der Waals surface area contributed by atoms with E-state index in [9.17, 15) is 4.11 Å². The molecule has 0 aliphatic heterocycles. The number of rotatable bonds is 0. The summed E-state index contributed by atoms with van der Waals surface area (Å²) < 4.78 is 10.2. The molecule has 0 saturated heterocycles. The molecule has 0 atom stereocenters. The van der Waals surface area contributed by atoms with E-state index in [4.69, 9.17) is 14.4 Å². The zero-order chi connectivity index (χ0) is 4.50. The van der Waals surface area contributed by atoms with Crippen LogP contribution in [0.2, 0.25) is 0 Å². The van der Waals surface area contributed by atoms with Crippen LogP contribution < -0.4 is 14.4 Å². The van der Waals surface area contributed by atoms with Crippen molar-refractivity contribution in [2.45, 2.75) is 0 Å². The van der Waals surface area contributed by atoms with Crippen molar-refractivity contribution >= 4 is 9.14 Å². The second kappa shape index (κ2) is 2.65. The van der Waals surface area contributed by atoms with E-state index in [1.165, 1.54) is 0 Å². The summed E-state index contributed by atoms with van der Waals surface area (Å²) in [7, 11) is -5.86. The van der Waals surface area contributed by atoms with E-state index in [0.29, 0.717) is 0 Å². The van der Waals surface area contributed by atoms with Gasteiger partial charge in [-0.3, -0.25) is 0 Å². The first kappa shape index (κ1) is 9.72. The van der Waals surface area contributed by atoms with E-state index in [-0.39, 0.29) is 16.5 Å². The Balaban J connectivity index is 0. The smallest absolute Gasteiger partial charge is 0.857 e. The molecule has 0 N–H and O–H groups in total. The second-order valence-electron chi connectivity index (χ2n) is 0.481. The molecule has 0 aromatic heterocycles. The van der Waals surface area contributed by atoms with Gasteiger partial charge in [-0.05, 0) is 0 Å². The van der Waals surface area contributed by atoms with Crippen LogP contribution in [-0.2, 0) is 16.5 Å². The standard InChI is InChI=1S/FO3Si.Ni/c1-5(2,3)4;/q-3;+3. The summed E-state index contributed by atoms with van der Waals surface area (Å²) in [6, 6.07) is 0. The van der Waals surface area contributed by atoms with Crippen LogP contribution in [0.25, 0.3) is 0 Å². The molecule has 0 unspecified atom stereocenters. The van der Waals surface area contributed by atoms with Crippen LogP contribution in [0.5, 0.6) is 0 Å². The first-order valence-corrected chi connectivity index (χ1v) is 2.40. The van der Waals surface area contributed by atoms with Gasteiger partial charge in [0.15, 0.2) is 0 Å². The van der Waals surface area contributed by atoms with Crippen molar-refractivity contribution in [2.24, 2.45) is 0 Å². The summed E-state index contributed by atoms with van der Waals surface area (Å²) in [4.78, 5) is 25.4. The van der Waals surface area contributed by atoms with Crippen molar-refractivity contribution in [1.82, 2.24) is 0 Å². The predicted molar refractivity (Wildman–Crippen MR) is 6.86 cm³/mol. The minimum atomic E-state index is -5.86. The Morgan fingerprint density at radius 2 is 1.17 bits per heavy atom. The molecule has 3 nitrogen and oxygen atoms in total. The van der Waals surface area contributed by atoms with Crippen LogP contribution >= 0.6 is 0 Å². The van der Waals surface area contributed by atoms with Gasteiger partial charge in [0.2, 0.25) is 0 Å². The molecule has 0 amide bonds. The molecule has 0 aliphatic rings. The van der Waals surface area contributed by atoms with Crippen molar-refractivity contribution in [3.8, 4) is 0 Å². The Bertz CT molecular complexity index is 26.3. The summed E-state index contributed by atoms with van der Waals surface area (Å²) in [6.07, 6.45) is 0. The van der Waals surface area contributed by atoms with E-state index in [2.05, 4.69) is 0 Å². The van der Waals surface area contributed by atoms with Gasteiger partial charge < -0.3 is 18.5 Å². The largest absolute Gasteiger partial charge is 3.00 e. The van der Waals surface area contributed by atoms with Crippen LogP contribution in [0.3, 0.4) is 0 Å². The van der Waals surface area contributed by atoms with Gasteiger partial charge in [-0.1, -0.05) is 9.14 Å². The maximum Gasteiger partial charge on any atom is 3.00 e. The molecule has 0 aliphatic carbocycles. The van der Waals surface area contributed by atoms with Crippen molar-refractivity contribution < 1.29 is 35.0 Å². The van der Waals surface area contributed by atoms with Crippen molar-refractivity contribution in [1.29, 1.82) is 0 Å². The van der Waals surface area contributed by atoms with E-state index in [0.717, 1.165) is 0 Å². The van der Waals surface area contributed by atoms with Gasteiger partial charge in [0.05, 0.1) is 0 Å². The number of hydrogen-bond donors (Lipinski definition) is 0. The average Bonchev–Trinajstić information content (AvgIpc) is 0.722. The molecule has 6 heteroatoms. The summed E-state index contributed by atoms with van der Waals surface area (Å²) >= 11 is 0. The van der Waals surface area contributed by atoms with Crippen LogP contribution in [0, 0.1) is 0 Å². The Labute approximate surface area is 44.9 Å². The molecule has 0 aromatic rings. The average molecular weight is 154 g/mol. The topological polar surface area (TPSA) is 69.2 Å². The molecule has 0 aromatic carbocycles. The SMILES string of the molecule is [Ni+3].[O-][Si]([O-])([O-])F. The number of halogens is 1. The monoisotopic (exact) mass is 153 g/mol. The van der Waals surface area contributed by atoms with Gasteiger partial charge in [-0.15, -0.1) is 0 Å². The molecule has 39 valence electrons. The van der Waals surface area contributed by atoms with Crippen molar-refractivity contribution in [2.75, 3.05) is 0 Å². The number of hydrogen-bond acceptors (Lipinski definition) is 3. The van der Waals surface area contributed by atoms with E-state index >= 15 is 0 Å². The van der Waals surface area contributed by atoms with Crippen molar-refractivity contribution in [3.05, 3.63) is 0 Å². The quantitative estimate of drug-likeness (QED) is 0.268. The van der Waals surface area contributed by atoms with E-state index < -0.39 is 9.14 Å². The molecule has 0 bridgehead atoms. The Morgan fingerprint density at radius 3 is 1.17 bits per heavy atom. The van der Waals surface area contributed by atoms with Gasteiger partial charge in [0, 0.05) is 0 Å². The maximum atomic E-state index is 10.2. The normalized spacial score (nSPS) is 10.0. The van der Waals surface area contributed by atoms with Crippen LogP contribution in [0.4, 0.5) is 4.11 Å². The minimum Gasteiger partial charge on any atom is -0.857 e. The first-order valence-electron chi connectivity index (χ1n) is 0.801. The minimum absolute atomic E-state index is 0. The van der Waals surface area contributed by atoms with Gasteiger partial charge in [0.25, 0.3) is 0 Å². The van der Waals surface area contributed by atoms with Gasteiger partial charge in [-0.2, -0.15) is 0 Å². The molecular weight excluding hydrogens is 154 g/mol. The summed E-state index contributed by atoms with van der Waals surface area (Å²) in [5.41, 5.74) is 0. The summed E-state index contributed by atoms with van der Waals surface area (Å²) in [6.45, 7) is 0. The Kier molecular flexibility index (Phi) is 4.30. The third-order valence-electron chi connectivity index (χ3n) is 0. The molecule has 0 fully saturated rings. The molecular formula is FNiO3Si. The third-order valence-corrected chi connectivity index (χ3v) is 0. The van der Waals surface area contributed by atoms with Gasteiger partial charge in [-0.25, -0.2) is 0 Å². The zero-order valence-corrected chi connectivity index (χ0v) is 4.41. The molecule has 1 radical (unpaired) electrons. The van der Waals surface area contributed by atoms with Crippen LogP contribution in [0.1, 0.15) is 0 Å². The zero-order valence-electron chi connectivity index (χ0n) is 2.42. The first-order chi connectivity index (χ1) is 2.00. The Hall–Kier alpha value is 0.520. The van der Waals surface area contributed by atoms with Gasteiger partial charge in [0.1, 0.15) is 0 Å². The molecule has 0 saturated carbocycles. The maximum absolute atomic E-state index is 10.2. The van der Waals surface area contributed by atoms with E-state index in [1.807, 2.05) is 0 Å². The predicted octanol–water partition coefficient (Wildman–Crippen LogP) is -3.53. The molecule has 0 spiro atoms. The van der Waals surface area contributed by atoms with Gasteiger partial charge >= 0.3 is 16.5 Å². The summed E-state index contributed by atoms with van der Waals surface area (Å²) in [5.74, 6) is 0. The fourth-order valence-corrected chi connectivity index (χ4v) is 0. The van der Waals surface area contributed by atoms with Crippen LogP contribution in [-0.4, -0.2) is 9.14 Å². The summed E-state index contributed by atoms with van der Waals surface area (Å²) in [5, 5.41) is 0. The Morgan fingerprint density at radius 1 is 1.17 bits per heavy atom. The second-order valence-corrected chi connectivity index (χ2v) is 1.44. The molecule has 0 rings (SSSR count). The fourth-order valence-electron chi connectivity index (χ4n) is 0. The van der Waals surface area contributed by atoms with Crippen LogP contribution in [0.15, 0.2) is 0 Å². The van der Waals surface area contributed by atoms with E-state index in [1.54, 1.807) is 0 Å². The molecule has 0 heterocycles. The molecule has 6 heavy (non-hydrogen) atoms. The third kappa shape index (κ3) is 207. The van der Waals surface area contributed by atoms with Crippen molar-refractivity contribution in [3.63, 3.8) is 0 Å². The fraction of sp³-hybridized carbons (Fsp3) is 0.